The van der Waals surface area contributed by atoms with E-state index in [1.807, 2.05) is 11.8 Å². The predicted molar refractivity (Wildman–Crippen MR) is 118 cm³/mol. The number of nitrogens with one attached hydrogen (secondary N) is 2. The Morgan fingerprint density at radius 1 is 1.38 bits per heavy atom. The van der Waals surface area contributed by atoms with Gasteiger partial charge in [-0.05, 0) is 25.7 Å². The van der Waals surface area contributed by atoms with E-state index in [1.165, 1.54) is 6.26 Å². The van der Waals surface area contributed by atoms with E-state index < -0.39 is 5.97 Å². The molecule has 0 saturated carbocycles. The topological polar surface area (TPSA) is 123 Å². The number of esters is 1. The predicted octanol–water partition coefficient (Wildman–Crippen LogP) is 2.84. The molecule has 10 nitrogen and oxygen atoms in total. The first kappa shape index (κ1) is 24.1. The van der Waals surface area contributed by atoms with Crippen molar-refractivity contribution < 1.29 is 23.5 Å². The van der Waals surface area contributed by atoms with Gasteiger partial charge in [0.05, 0.1) is 31.0 Å². The molecule has 0 aromatic carbocycles. The monoisotopic (exact) mass is 467 g/mol. The van der Waals surface area contributed by atoms with Crippen LogP contribution in [0.2, 0.25) is 5.15 Å². The van der Waals surface area contributed by atoms with Crippen LogP contribution < -0.4 is 10.2 Å². The van der Waals surface area contributed by atoms with E-state index in [0.29, 0.717) is 49.6 Å². The van der Waals surface area contributed by atoms with Crippen LogP contribution in [-0.4, -0.2) is 65.3 Å². The van der Waals surface area contributed by atoms with E-state index in [2.05, 4.69) is 34.1 Å². The lowest BCUT2D eigenvalue weighted by Gasteiger charge is -2.38. The lowest BCUT2D eigenvalue weighted by Crippen LogP contribution is -2.55. The van der Waals surface area contributed by atoms with Gasteiger partial charge in [-0.1, -0.05) is 32.4 Å². The van der Waals surface area contributed by atoms with Crippen molar-refractivity contribution in [2.45, 2.75) is 52.7 Å². The van der Waals surface area contributed by atoms with Gasteiger partial charge in [0, 0.05) is 13.2 Å². The summed E-state index contributed by atoms with van der Waals surface area (Å²) in [6, 6.07) is 0.0901. The van der Waals surface area contributed by atoms with Crippen molar-refractivity contribution in [1.82, 2.24) is 20.3 Å². The van der Waals surface area contributed by atoms with Gasteiger partial charge in [-0.25, -0.2) is 9.78 Å². The number of carbonyl (C=O) groups is 2. The van der Waals surface area contributed by atoms with Crippen molar-refractivity contribution >= 4 is 29.5 Å². The first-order chi connectivity index (χ1) is 15.3. The highest BCUT2D eigenvalue weighted by Crippen LogP contribution is 2.23. The number of aromatic amines is 1. The molecule has 1 fully saturated rings. The quantitative estimate of drug-likeness (QED) is 0.540. The van der Waals surface area contributed by atoms with Crippen LogP contribution in [0.5, 0.6) is 0 Å². The zero-order valence-corrected chi connectivity index (χ0v) is 19.6. The van der Waals surface area contributed by atoms with Gasteiger partial charge in [0.25, 0.3) is 11.9 Å². The summed E-state index contributed by atoms with van der Waals surface area (Å²) in [6.45, 7) is 9.59. The van der Waals surface area contributed by atoms with Gasteiger partial charge < -0.3 is 29.1 Å². The second-order valence-corrected chi connectivity index (χ2v) is 8.38. The van der Waals surface area contributed by atoms with E-state index in [4.69, 9.17) is 25.5 Å². The van der Waals surface area contributed by atoms with Gasteiger partial charge in [-0.15, -0.1) is 0 Å². The fourth-order valence-electron chi connectivity index (χ4n) is 3.42. The Bertz CT molecular complexity index is 928. The number of amides is 1. The molecule has 2 aromatic rings. The molecule has 0 spiro atoms. The molecule has 1 aliphatic rings. The van der Waals surface area contributed by atoms with E-state index in [0.717, 1.165) is 5.69 Å². The van der Waals surface area contributed by atoms with Gasteiger partial charge >= 0.3 is 5.97 Å². The number of anilines is 1. The molecule has 3 rings (SSSR count). The van der Waals surface area contributed by atoms with Crippen molar-refractivity contribution in [3.8, 4) is 0 Å². The van der Waals surface area contributed by atoms with Crippen molar-refractivity contribution in [2.24, 2.45) is 5.92 Å². The molecule has 2 aromatic heterocycles. The lowest BCUT2D eigenvalue weighted by molar-refractivity contribution is 0.00630. The van der Waals surface area contributed by atoms with Crippen LogP contribution in [0.25, 0.3) is 0 Å². The second kappa shape index (κ2) is 10.8. The van der Waals surface area contributed by atoms with Crippen LogP contribution in [0.1, 0.15) is 60.9 Å². The zero-order valence-electron chi connectivity index (χ0n) is 18.8. The van der Waals surface area contributed by atoms with Gasteiger partial charge in [-0.3, -0.25) is 4.79 Å². The van der Waals surface area contributed by atoms with Crippen molar-refractivity contribution in [3.05, 3.63) is 28.6 Å². The summed E-state index contributed by atoms with van der Waals surface area (Å²) < 4.78 is 16.6. The molecule has 3 heterocycles. The highest BCUT2D eigenvalue weighted by Gasteiger charge is 2.34. The molecule has 0 unspecified atom stereocenters. The number of aromatic nitrogens is 3. The minimum atomic E-state index is -0.527. The molecular formula is C21H30ClN5O5. The summed E-state index contributed by atoms with van der Waals surface area (Å²) in [5.41, 5.74) is 0.846. The molecule has 2 N–H and O–H groups in total. The normalized spacial score (nSPS) is 18.8. The van der Waals surface area contributed by atoms with E-state index in [-0.39, 0.29) is 36.2 Å². The highest BCUT2D eigenvalue weighted by atomic mass is 35.5. The minimum absolute atomic E-state index is 0.123. The van der Waals surface area contributed by atoms with Crippen molar-refractivity contribution in [3.63, 3.8) is 0 Å². The molecular weight excluding hydrogens is 438 g/mol. The Hall–Kier alpha value is -2.59. The maximum Gasteiger partial charge on any atom is 0.360 e. The average Bonchev–Trinajstić information content (AvgIpc) is 3.40. The molecule has 32 heavy (non-hydrogen) atoms. The van der Waals surface area contributed by atoms with Crippen LogP contribution in [0.4, 0.5) is 6.01 Å². The Morgan fingerprint density at radius 2 is 2.16 bits per heavy atom. The number of hydrogen-bond acceptors (Lipinski definition) is 8. The summed E-state index contributed by atoms with van der Waals surface area (Å²) in [6.07, 6.45) is 2.24. The van der Waals surface area contributed by atoms with Crippen LogP contribution in [0, 0.1) is 5.92 Å². The summed E-state index contributed by atoms with van der Waals surface area (Å²) in [5, 5.41) is 3.32. The smallest absolute Gasteiger partial charge is 0.360 e. The van der Waals surface area contributed by atoms with Gasteiger partial charge in [0.15, 0.2) is 16.7 Å². The van der Waals surface area contributed by atoms with Gasteiger partial charge in [-0.2, -0.15) is 4.98 Å². The largest absolute Gasteiger partial charge is 0.461 e. The number of H-pyrrole nitrogens is 1. The average molecular weight is 468 g/mol. The highest BCUT2D eigenvalue weighted by molar-refractivity contribution is 6.30. The number of rotatable bonds is 9. The fraction of sp³-hybridized carbons (Fsp3) is 0.619. The lowest BCUT2D eigenvalue weighted by atomic mass is 10.0. The van der Waals surface area contributed by atoms with Crippen molar-refractivity contribution in [1.29, 1.82) is 0 Å². The molecule has 0 radical (unpaired) electrons. The van der Waals surface area contributed by atoms with Crippen LogP contribution in [-0.2, 0) is 15.9 Å². The number of carbonyl (C=O) groups excluding carboxylic acids is 2. The molecule has 1 amide bonds. The maximum atomic E-state index is 12.8. The first-order valence-electron chi connectivity index (χ1n) is 10.9. The molecule has 11 heteroatoms. The Kier molecular flexibility index (Phi) is 8.14. The Balaban J connectivity index is 1.69. The molecule has 1 aliphatic heterocycles. The van der Waals surface area contributed by atoms with Gasteiger partial charge in [0.1, 0.15) is 6.26 Å². The Labute approximate surface area is 192 Å². The van der Waals surface area contributed by atoms with Crippen LogP contribution >= 0.6 is 11.6 Å². The number of halogens is 1. The fourth-order valence-corrected chi connectivity index (χ4v) is 3.68. The third kappa shape index (κ3) is 5.80. The molecule has 0 bridgehead atoms. The summed E-state index contributed by atoms with van der Waals surface area (Å²) in [5.74, 6) is -0.344. The number of ether oxygens (including phenoxy) is 2. The maximum absolute atomic E-state index is 12.8. The van der Waals surface area contributed by atoms with Gasteiger partial charge in [0.2, 0.25) is 0 Å². The van der Waals surface area contributed by atoms with E-state index in [9.17, 15) is 9.59 Å². The number of oxazole rings is 1. The van der Waals surface area contributed by atoms with Crippen molar-refractivity contribution in [2.75, 3.05) is 31.2 Å². The number of nitrogens with zero attached hydrogens (tertiary/aromatic N) is 3. The summed E-state index contributed by atoms with van der Waals surface area (Å²) in [7, 11) is 0. The SMILES string of the molecule is CCOC(=O)c1coc(N2CC[C@H](NC(=O)c3nc(Cl)c(CC)[nH]3)[C@H](OCC(C)C)C2)n1. The number of imidazole rings is 1. The molecule has 176 valence electrons. The van der Waals surface area contributed by atoms with Crippen LogP contribution in [0.15, 0.2) is 10.7 Å². The second-order valence-electron chi connectivity index (χ2n) is 8.02. The molecule has 1 saturated heterocycles. The van der Waals surface area contributed by atoms with Crippen LogP contribution in [0.3, 0.4) is 0 Å². The number of hydrogen-bond donors (Lipinski definition) is 2. The third-order valence-electron chi connectivity index (χ3n) is 5.06. The minimum Gasteiger partial charge on any atom is -0.461 e. The zero-order chi connectivity index (χ0) is 23.3. The van der Waals surface area contributed by atoms with E-state index in [1.54, 1.807) is 6.92 Å². The van der Waals surface area contributed by atoms with E-state index >= 15 is 0 Å². The molecule has 2 atom stereocenters. The number of aryl methyl sites for hydroxylation is 1. The molecule has 0 aliphatic carbocycles. The first-order valence-corrected chi connectivity index (χ1v) is 11.2. The third-order valence-corrected chi connectivity index (χ3v) is 5.38. The summed E-state index contributed by atoms with van der Waals surface area (Å²) >= 11 is 6.07. The standard InChI is InChI=1S/C21H30ClN5O5/c1-5-13-17(22)26-18(23-13)19(28)24-14-7-8-27(9-16(14)31-10-12(3)4)21-25-15(11-32-21)20(29)30-6-2/h11-12,14,16H,5-10H2,1-4H3,(H,23,26)(H,24,28)/t14-,16+/m0/s1. The number of piperidine rings is 1. The summed E-state index contributed by atoms with van der Waals surface area (Å²) in [4.78, 5) is 37.9. The Morgan fingerprint density at radius 3 is 2.81 bits per heavy atom.